The third-order valence-electron chi connectivity index (χ3n) is 6.65. The Morgan fingerprint density at radius 3 is 2.37 bits per heavy atom. The van der Waals surface area contributed by atoms with Crippen LogP contribution in [0.5, 0.6) is 0 Å². The van der Waals surface area contributed by atoms with Crippen LogP contribution in [0.4, 0.5) is 5.69 Å². The van der Waals surface area contributed by atoms with Gasteiger partial charge in [-0.2, -0.15) is 0 Å². The molecule has 9 heteroatoms. The maximum absolute atomic E-state index is 13.0. The molecular formula is C21H25N5O4. The van der Waals surface area contributed by atoms with Gasteiger partial charge < -0.3 is 10.2 Å². The van der Waals surface area contributed by atoms with Gasteiger partial charge in [-0.15, -0.1) is 0 Å². The van der Waals surface area contributed by atoms with Gasteiger partial charge in [0, 0.05) is 50.9 Å². The number of piperazine rings is 1. The van der Waals surface area contributed by atoms with Crippen molar-refractivity contribution >= 4 is 29.3 Å². The Kier molecular flexibility index (Phi) is 4.79. The van der Waals surface area contributed by atoms with E-state index in [2.05, 4.69) is 20.4 Å². The Balaban J connectivity index is 1.31. The zero-order valence-corrected chi connectivity index (χ0v) is 16.7. The highest BCUT2D eigenvalue weighted by molar-refractivity contribution is 6.23. The molecule has 0 saturated carbocycles. The molecule has 3 fully saturated rings. The van der Waals surface area contributed by atoms with E-state index in [9.17, 15) is 19.2 Å². The van der Waals surface area contributed by atoms with Crippen molar-refractivity contribution in [3.05, 3.63) is 29.3 Å². The molecule has 5 rings (SSSR count). The Morgan fingerprint density at radius 2 is 1.67 bits per heavy atom. The number of hydrogen-bond acceptors (Lipinski definition) is 7. The second-order valence-corrected chi connectivity index (χ2v) is 8.35. The number of imide groups is 2. The molecule has 0 radical (unpaired) electrons. The first-order valence-corrected chi connectivity index (χ1v) is 10.6. The monoisotopic (exact) mass is 411 g/mol. The second-order valence-electron chi connectivity index (χ2n) is 8.35. The normalized spacial score (nSPS) is 27.6. The fraction of sp³-hybridized carbons (Fsp3) is 0.524. The van der Waals surface area contributed by atoms with Crippen LogP contribution in [0.25, 0.3) is 0 Å². The van der Waals surface area contributed by atoms with Gasteiger partial charge in [-0.1, -0.05) is 0 Å². The molecule has 0 aliphatic carbocycles. The van der Waals surface area contributed by atoms with Crippen LogP contribution in [0.3, 0.4) is 0 Å². The highest BCUT2D eigenvalue weighted by Gasteiger charge is 2.44. The molecule has 9 nitrogen and oxygen atoms in total. The van der Waals surface area contributed by atoms with Crippen molar-refractivity contribution in [1.82, 2.24) is 20.4 Å². The van der Waals surface area contributed by atoms with Gasteiger partial charge >= 0.3 is 0 Å². The molecule has 4 aliphatic rings. The number of amides is 4. The Morgan fingerprint density at radius 1 is 0.900 bits per heavy atom. The van der Waals surface area contributed by atoms with E-state index < -0.39 is 23.8 Å². The fourth-order valence-electron chi connectivity index (χ4n) is 4.95. The van der Waals surface area contributed by atoms with Gasteiger partial charge in [0.1, 0.15) is 6.04 Å². The highest BCUT2D eigenvalue weighted by atomic mass is 16.2. The van der Waals surface area contributed by atoms with Gasteiger partial charge in [0.15, 0.2) is 0 Å². The minimum absolute atomic E-state index is 0.121. The first-order chi connectivity index (χ1) is 14.5. The van der Waals surface area contributed by atoms with Crippen LogP contribution in [-0.2, 0) is 9.59 Å². The number of nitrogens with one attached hydrogen (secondary N) is 2. The summed E-state index contributed by atoms with van der Waals surface area (Å²) in [6.45, 7) is 5.81. The van der Waals surface area contributed by atoms with Crippen molar-refractivity contribution in [2.24, 2.45) is 0 Å². The van der Waals surface area contributed by atoms with Gasteiger partial charge in [0.2, 0.25) is 11.8 Å². The number of fused-ring (bicyclic) bond motifs is 1. The van der Waals surface area contributed by atoms with E-state index in [1.807, 2.05) is 6.07 Å². The predicted molar refractivity (Wildman–Crippen MR) is 108 cm³/mol. The minimum Gasteiger partial charge on any atom is -0.369 e. The number of nitrogens with zero attached hydrogens (tertiary/aromatic N) is 3. The molecule has 158 valence electrons. The van der Waals surface area contributed by atoms with Gasteiger partial charge in [-0.3, -0.25) is 34.3 Å². The Labute approximate surface area is 174 Å². The lowest BCUT2D eigenvalue weighted by molar-refractivity contribution is -0.136. The van der Waals surface area contributed by atoms with Gasteiger partial charge in [-0.05, 0) is 37.6 Å². The maximum atomic E-state index is 13.0. The third kappa shape index (κ3) is 3.18. The quantitative estimate of drug-likeness (QED) is 0.651. The lowest BCUT2D eigenvalue weighted by Crippen LogP contribution is -2.54. The molecular weight excluding hydrogens is 386 g/mol. The van der Waals surface area contributed by atoms with Crippen molar-refractivity contribution in [2.45, 2.75) is 31.3 Å². The lowest BCUT2D eigenvalue weighted by atomic mass is 10.0. The van der Waals surface area contributed by atoms with Crippen molar-refractivity contribution in [3.8, 4) is 0 Å². The molecule has 2 unspecified atom stereocenters. The molecule has 2 atom stereocenters. The summed E-state index contributed by atoms with van der Waals surface area (Å²) in [6, 6.07) is 5.01. The van der Waals surface area contributed by atoms with Gasteiger partial charge in [0.25, 0.3) is 11.8 Å². The van der Waals surface area contributed by atoms with Crippen LogP contribution < -0.4 is 15.5 Å². The number of benzene rings is 1. The molecule has 1 aromatic rings. The molecule has 1 aromatic carbocycles. The first kappa shape index (κ1) is 19.2. The molecule has 0 aromatic heterocycles. The summed E-state index contributed by atoms with van der Waals surface area (Å²) in [7, 11) is 0. The molecule has 0 spiro atoms. The summed E-state index contributed by atoms with van der Waals surface area (Å²) in [5, 5.41) is 5.63. The molecule has 0 bridgehead atoms. The van der Waals surface area contributed by atoms with E-state index in [4.69, 9.17) is 0 Å². The summed E-state index contributed by atoms with van der Waals surface area (Å²) < 4.78 is 0. The summed E-state index contributed by atoms with van der Waals surface area (Å²) >= 11 is 0. The van der Waals surface area contributed by atoms with Crippen molar-refractivity contribution in [2.75, 3.05) is 44.2 Å². The van der Waals surface area contributed by atoms with E-state index in [1.54, 1.807) is 12.1 Å². The molecule has 30 heavy (non-hydrogen) atoms. The zero-order chi connectivity index (χ0) is 20.8. The van der Waals surface area contributed by atoms with Crippen molar-refractivity contribution in [3.63, 3.8) is 0 Å². The largest absolute Gasteiger partial charge is 0.369 e. The number of carbonyl (C=O) groups excluding carboxylic acids is 4. The van der Waals surface area contributed by atoms with Crippen molar-refractivity contribution < 1.29 is 19.2 Å². The van der Waals surface area contributed by atoms with Crippen molar-refractivity contribution in [1.29, 1.82) is 0 Å². The predicted octanol–water partition coefficient (Wildman–Crippen LogP) is -0.428. The first-order valence-electron chi connectivity index (χ1n) is 10.6. The van der Waals surface area contributed by atoms with Crippen LogP contribution in [0.2, 0.25) is 0 Å². The smallest absolute Gasteiger partial charge is 0.262 e. The standard InChI is InChI=1S/C21H25N5O4/c27-18-4-3-17(19(28)23-18)26-20(29)15-2-1-13(11-16(15)21(26)30)24-7-9-25(10-8-24)14-5-6-22-12-14/h1-2,11,14,17,22H,3-10,12H2,(H,23,27,28). The van der Waals surface area contributed by atoms with Crippen LogP contribution in [-0.4, -0.2) is 84.8 Å². The van der Waals surface area contributed by atoms with E-state index in [1.165, 1.54) is 6.42 Å². The third-order valence-corrected chi connectivity index (χ3v) is 6.65. The molecule has 4 heterocycles. The number of rotatable bonds is 3. The van der Waals surface area contributed by atoms with Crippen LogP contribution in [0.15, 0.2) is 18.2 Å². The SMILES string of the molecule is O=C1CCC(N2C(=O)c3ccc(N4CCN(C5CCNC5)CC4)cc3C2=O)C(=O)N1. The summed E-state index contributed by atoms with van der Waals surface area (Å²) in [4.78, 5) is 55.2. The molecule has 3 saturated heterocycles. The van der Waals surface area contributed by atoms with E-state index in [0.717, 1.165) is 49.9 Å². The minimum atomic E-state index is -0.929. The van der Waals surface area contributed by atoms with Crippen LogP contribution in [0.1, 0.15) is 40.0 Å². The number of anilines is 1. The average molecular weight is 411 g/mol. The van der Waals surface area contributed by atoms with E-state index in [0.29, 0.717) is 17.2 Å². The zero-order valence-electron chi connectivity index (χ0n) is 16.7. The Hall–Kier alpha value is -2.78. The summed E-state index contributed by atoms with van der Waals surface area (Å²) in [5.74, 6) is -1.88. The Bertz CT molecular complexity index is 918. The number of carbonyl (C=O) groups is 4. The second kappa shape index (κ2) is 7.48. The van der Waals surface area contributed by atoms with Gasteiger partial charge in [-0.25, -0.2) is 0 Å². The van der Waals surface area contributed by atoms with Crippen LogP contribution >= 0.6 is 0 Å². The molecule has 4 aliphatic heterocycles. The topological polar surface area (TPSA) is 102 Å². The molecule has 4 amide bonds. The average Bonchev–Trinajstić information content (AvgIpc) is 3.37. The summed E-state index contributed by atoms with van der Waals surface area (Å²) in [6.07, 6.45) is 1.47. The van der Waals surface area contributed by atoms with Crippen LogP contribution in [0, 0.1) is 0 Å². The number of piperidine rings is 1. The van der Waals surface area contributed by atoms with E-state index >= 15 is 0 Å². The van der Waals surface area contributed by atoms with E-state index in [-0.39, 0.29) is 18.7 Å². The lowest BCUT2D eigenvalue weighted by Gasteiger charge is -2.39. The summed E-state index contributed by atoms with van der Waals surface area (Å²) in [5.41, 5.74) is 1.58. The fourth-order valence-corrected chi connectivity index (χ4v) is 4.95. The highest BCUT2D eigenvalue weighted by Crippen LogP contribution is 2.31. The number of hydrogen-bond donors (Lipinski definition) is 2. The van der Waals surface area contributed by atoms with Gasteiger partial charge in [0.05, 0.1) is 11.1 Å². The molecule has 2 N–H and O–H groups in total. The maximum Gasteiger partial charge on any atom is 0.262 e.